The van der Waals surface area contributed by atoms with E-state index in [1.54, 1.807) is 36.2 Å². The molecular weight excluding hydrogens is 634 g/mol. The molecule has 0 aromatic heterocycles. The number of fused-ring (bicyclic) bond motifs is 1. The Morgan fingerprint density at radius 1 is 0.940 bits per heavy atom. The van der Waals surface area contributed by atoms with E-state index in [9.17, 15) is 24.3 Å². The molecule has 1 aliphatic heterocycles. The highest BCUT2D eigenvalue weighted by Gasteiger charge is 2.47. The zero-order chi connectivity index (χ0) is 35.5. The maximum Gasteiger partial charge on any atom is 0.428 e. The first-order valence-electron chi connectivity index (χ1n) is 16.5. The van der Waals surface area contributed by atoms with Crippen LogP contribution < -0.4 is 15.6 Å². The molecule has 0 saturated carbocycles. The number of carbonyl (C=O) groups excluding carboxylic acids is 3. The number of benzene rings is 4. The molecule has 0 radical (unpaired) electrons. The maximum absolute atomic E-state index is 14.1. The summed E-state index contributed by atoms with van der Waals surface area (Å²) < 4.78 is 5.13. The second-order valence-electron chi connectivity index (χ2n) is 12.2. The van der Waals surface area contributed by atoms with Crippen molar-refractivity contribution < 1.29 is 29.0 Å². The quantitative estimate of drug-likeness (QED) is 0.0855. The number of nitrogens with one attached hydrogen (secondary N) is 2. The number of ketones is 1. The number of hydrogen-bond acceptors (Lipinski definition) is 8. The highest BCUT2D eigenvalue weighted by molar-refractivity contribution is 5.99. The summed E-state index contributed by atoms with van der Waals surface area (Å²) >= 11 is 0. The third-order valence-corrected chi connectivity index (χ3v) is 8.94. The number of likely N-dealkylation sites (N-methyl/N-ethyl adjacent to an activating group) is 1. The average molecular weight is 676 g/mol. The van der Waals surface area contributed by atoms with E-state index in [0.717, 1.165) is 22.4 Å². The molecular formula is C39H41N5O6. The van der Waals surface area contributed by atoms with Crippen LogP contribution in [0.1, 0.15) is 52.4 Å². The second kappa shape index (κ2) is 16.4. The van der Waals surface area contributed by atoms with Gasteiger partial charge in [-0.2, -0.15) is 5.10 Å². The molecule has 1 aliphatic rings. The molecule has 0 spiro atoms. The van der Waals surface area contributed by atoms with E-state index in [2.05, 4.69) is 15.8 Å². The molecule has 1 atom stereocenters. The van der Waals surface area contributed by atoms with Crippen molar-refractivity contribution in [1.82, 2.24) is 10.3 Å². The van der Waals surface area contributed by atoms with Gasteiger partial charge in [-0.15, -0.1) is 0 Å². The van der Waals surface area contributed by atoms with Crippen LogP contribution in [0.3, 0.4) is 0 Å². The van der Waals surface area contributed by atoms with Gasteiger partial charge in [0.2, 0.25) is 5.91 Å². The summed E-state index contributed by atoms with van der Waals surface area (Å²) in [6.45, 7) is 2.75. The summed E-state index contributed by atoms with van der Waals surface area (Å²) in [7, 11) is 1.78. The van der Waals surface area contributed by atoms with Crippen LogP contribution in [0.4, 0.5) is 16.2 Å². The van der Waals surface area contributed by atoms with Gasteiger partial charge in [-0.25, -0.2) is 10.2 Å². The number of hydrogen-bond donors (Lipinski definition) is 3. The molecule has 50 heavy (non-hydrogen) atoms. The molecule has 11 heteroatoms. The number of nitrogens with zero attached hydrogens (tertiary/aromatic N) is 3. The minimum atomic E-state index is -1.24. The van der Waals surface area contributed by atoms with Crippen molar-refractivity contribution in [2.75, 3.05) is 30.4 Å². The van der Waals surface area contributed by atoms with Gasteiger partial charge < -0.3 is 25.0 Å². The Balaban J connectivity index is 1.22. The standard InChI is InChI=1S/C39H41N5O6/c1-3-39(23-36(46)47)37(48)44(21-20-28-10-6-4-7-11-28)26-32-22-33(18-19-34(32)43(39)2)40-25-35(45)31-16-14-29(15-17-31)24-41-42-38(49)50-27-30-12-8-5-9-13-30/h4-19,22,24,40H,3,20-21,23,25-27H2,1-2H3,(H,42,49)(H,46,47). The van der Waals surface area contributed by atoms with Gasteiger partial charge in [0.25, 0.3) is 0 Å². The molecule has 2 amide bonds. The fraction of sp³-hybridized carbons (Fsp3) is 0.256. The van der Waals surface area contributed by atoms with Crippen molar-refractivity contribution >= 4 is 41.3 Å². The van der Waals surface area contributed by atoms with E-state index in [1.807, 2.05) is 90.7 Å². The van der Waals surface area contributed by atoms with Gasteiger partial charge >= 0.3 is 12.1 Å². The summed E-state index contributed by atoms with van der Waals surface area (Å²) in [4.78, 5) is 54.7. The topological polar surface area (TPSA) is 141 Å². The molecule has 0 fully saturated rings. The van der Waals surface area contributed by atoms with Crippen LogP contribution in [0.15, 0.2) is 108 Å². The molecule has 1 unspecified atom stereocenters. The van der Waals surface area contributed by atoms with Gasteiger partial charge in [0.1, 0.15) is 12.1 Å². The van der Waals surface area contributed by atoms with Gasteiger partial charge in [0, 0.05) is 37.1 Å². The maximum atomic E-state index is 14.1. The van der Waals surface area contributed by atoms with Crippen molar-refractivity contribution in [3.8, 4) is 0 Å². The molecule has 0 aliphatic carbocycles. The third kappa shape index (κ3) is 8.73. The van der Waals surface area contributed by atoms with Gasteiger partial charge in [0.15, 0.2) is 5.78 Å². The lowest BCUT2D eigenvalue weighted by Crippen LogP contribution is -2.58. The number of carboxylic acid groups (broad SMARTS) is 1. The van der Waals surface area contributed by atoms with E-state index in [4.69, 9.17) is 4.74 Å². The smallest absolute Gasteiger partial charge is 0.428 e. The minimum Gasteiger partial charge on any atom is -0.481 e. The summed E-state index contributed by atoms with van der Waals surface area (Å²) in [5, 5.41) is 17.0. The zero-order valence-electron chi connectivity index (χ0n) is 28.2. The Kier molecular flexibility index (Phi) is 11.6. The number of rotatable bonds is 14. The number of Topliss-reactive ketones (excluding diaryl/α,β-unsaturated/α-hetero) is 1. The van der Waals surface area contributed by atoms with Gasteiger partial charge in [-0.05, 0) is 53.3 Å². The highest BCUT2D eigenvalue weighted by atomic mass is 16.6. The Morgan fingerprint density at radius 2 is 1.62 bits per heavy atom. The van der Waals surface area contributed by atoms with E-state index in [1.165, 1.54) is 6.21 Å². The summed E-state index contributed by atoms with van der Waals surface area (Å²) in [6, 6.07) is 31.7. The zero-order valence-corrected chi connectivity index (χ0v) is 28.2. The van der Waals surface area contributed by atoms with Gasteiger partial charge in [-0.3, -0.25) is 14.4 Å². The molecule has 5 rings (SSSR count). The fourth-order valence-electron chi connectivity index (χ4n) is 6.10. The molecule has 0 saturated heterocycles. The second-order valence-corrected chi connectivity index (χ2v) is 12.2. The third-order valence-electron chi connectivity index (χ3n) is 8.94. The summed E-state index contributed by atoms with van der Waals surface area (Å²) in [6.07, 6.45) is 1.42. The normalized spacial score (nSPS) is 15.7. The minimum absolute atomic E-state index is 0.0332. The predicted molar refractivity (Wildman–Crippen MR) is 192 cm³/mol. The Morgan fingerprint density at radius 3 is 2.28 bits per heavy atom. The van der Waals surface area contributed by atoms with E-state index < -0.39 is 17.6 Å². The van der Waals surface area contributed by atoms with Gasteiger partial charge in [0.05, 0.1) is 19.2 Å². The van der Waals surface area contributed by atoms with Crippen LogP contribution in [-0.4, -0.2) is 65.7 Å². The SMILES string of the molecule is CCC1(CC(=O)O)C(=O)N(CCc2ccccc2)Cc2cc(NCC(=O)c3ccc(C=NNC(=O)OCc4ccccc4)cc3)ccc2N1C. The number of aliphatic carboxylic acids is 1. The molecule has 3 N–H and O–H groups in total. The number of carboxylic acids is 1. The van der Waals surface area contributed by atoms with Crippen molar-refractivity contribution in [1.29, 1.82) is 0 Å². The molecule has 4 aromatic rings. The van der Waals surface area contributed by atoms with E-state index >= 15 is 0 Å². The Labute approximate surface area is 291 Å². The monoisotopic (exact) mass is 675 g/mol. The number of anilines is 2. The number of hydrazone groups is 1. The first-order chi connectivity index (χ1) is 24.2. The number of ether oxygens (including phenoxy) is 1. The van der Waals surface area contributed by atoms with Crippen LogP contribution in [0.5, 0.6) is 0 Å². The van der Waals surface area contributed by atoms with Crippen LogP contribution >= 0.6 is 0 Å². The van der Waals surface area contributed by atoms with E-state index in [0.29, 0.717) is 42.7 Å². The lowest BCUT2D eigenvalue weighted by Gasteiger charge is -2.41. The average Bonchev–Trinajstić information content (AvgIpc) is 3.21. The Bertz CT molecular complexity index is 1830. The molecule has 258 valence electrons. The van der Waals surface area contributed by atoms with Crippen molar-refractivity contribution in [3.63, 3.8) is 0 Å². The summed E-state index contributed by atoms with van der Waals surface area (Å²) in [5.41, 5.74) is 6.55. The molecule has 1 heterocycles. The molecule has 4 aromatic carbocycles. The van der Waals surface area contributed by atoms with Crippen LogP contribution in [-0.2, 0) is 33.9 Å². The number of amides is 2. The van der Waals surface area contributed by atoms with Crippen molar-refractivity contribution in [2.24, 2.45) is 5.10 Å². The predicted octanol–water partition coefficient (Wildman–Crippen LogP) is 5.89. The number of carbonyl (C=O) groups is 4. The molecule has 11 nitrogen and oxygen atoms in total. The lowest BCUT2D eigenvalue weighted by molar-refractivity contribution is -0.146. The van der Waals surface area contributed by atoms with Gasteiger partial charge in [-0.1, -0.05) is 91.9 Å². The van der Waals surface area contributed by atoms with Crippen LogP contribution in [0.25, 0.3) is 0 Å². The fourth-order valence-corrected chi connectivity index (χ4v) is 6.10. The molecule has 0 bridgehead atoms. The first-order valence-corrected chi connectivity index (χ1v) is 16.5. The van der Waals surface area contributed by atoms with Crippen LogP contribution in [0.2, 0.25) is 0 Å². The van der Waals surface area contributed by atoms with E-state index in [-0.39, 0.29) is 31.3 Å². The van der Waals surface area contributed by atoms with Crippen molar-refractivity contribution in [2.45, 2.75) is 44.9 Å². The van der Waals surface area contributed by atoms with Crippen molar-refractivity contribution in [3.05, 3.63) is 131 Å². The largest absolute Gasteiger partial charge is 0.481 e. The summed E-state index contributed by atoms with van der Waals surface area (Å²) in [5.74, 6) is -1.38. The Hall–Kier alpha value is -5.97. The lowest BCUT2D eigenvalue weighted by atomic mass is 9.88. The highest BCUT2D eigenvalue weighted by Crippen LogP contribution is 2.38. The van der Waals surface area contributed by atoms with Crippen LogP contribution in [0, 0.1) is 0 Å². The first kappa shape index (κ1) is 35.3.